The van der Waals surface area contributed by atoms with E-state index in [9.17, 15) is 14.9 Å². The molecular formula is C16H13ClN4O3. The van der Waals surface area contributed by atoms with Gasteiger partial charge in [0.1, 0.15) is 5.52 Å². The summed E-state index contributed by atoms with van der Waals surface area (Å²) in [6.07, 6.45) is 1.43. The molecule has 122 valence electrons. The van der Waals surface area contributed by atoms with Crippen LogP contribution in [0.3, 0.4) is 0 Å². The summed E-state index contributed by atoms with van der Waals surface area (Å²) in [6, 6.07) is 12.2. The SMILES string of the molecule is CN(Cc1ccccc1)C(=O)c1cc2c([N+](=O)[O-])cc(Cl)cn2n1. The zero-order valence-corrected chi connectivity index (χ0v) is 13.5. The highest BCUT2D eigenvalue weighted by atomic mass is 35.5. The standard InChI is InChI=1S/C16H13ClN4O3/c1-19(9-11-5-3-2-4-6-11)16(22)13-8-14-15(21(23)24)7-12(17)10-20(14)18-13/h2-8,10H,9H2,1H3. The van der Waals surface area contributed by atoms with Crippen LogP contribution in [0.1, 0.15) is 16.1 Å². The number of hydrogen-bond acceptors (Lipinski definition) is 4. The number of pyridine rings is 1. The van der Waals surface area contributed by atoms with E-state index in [2.05, 4.69) is 5.10 Å². The van der Waals surface area contributed by atoms with E-state index in [1.807, 2.05) is 30.3 Å². The van der Waals surface area contributed by atoms with Crippen LogP contribution in [0, 0.1) is 10.1 Å². The van der Waals surface area contributed by atoms with Crippen LogP contribution in [0.25, 0.3) is 5.52 Å². The van der Waals surface area contributed by atoms with Crippen molar-refractivity contribution in [3.63, 3.8) is 0 Å². The average Bonchev–Trinajstić information content (AvgIpc) is 2.97. The highest BCUT2D eigenvalue weighted by molar-refractivity contribution is 6.30. The van der Waals surface area contributed by atoms with Gasteiger partial charge in [-0.05, 0) is 5.56 Å². The summed E-state index contributed by atoms with van der Waals surface area (Å²) in [5, 5.41) is 15.4. The Kier molecular flexibility index (Phi) is 4.18. The number of nitro groups is 1. The van der Waals surface area contributed by atoms with E-state index >= 15 is 0 Å². The van der Waals surface area contributed by atoms with Gasteiger partial charge in [-0.25, -0.2) is 4.52 Å². The molecule has 1 aromatic carbocycles. The predicted octanol–water partition coefficient (Wildman–Crippen LogP) is 3.17. The molecule has 0 aliphatic heterocycles. The molecule has 0 aliphatic rings. The summed E-state index contributed by atoms with van der Waals surface area (Å²) in [5.41, 5.74) is 1.13. The number of halogens is 1. The first-order valence-electron chi connectivity index (χ1n) is 7.08. The molecule has 7 nitrogen and oxygen atoms in total. The second-order valence-corrected chi connectivity index (χ2v) is 5.74. The summed E-state index contributed by atoms with van der Waals surface area (Å²) in [5.74, 6) is -0.326. The zero-order valence-electron chi connectivity index (χ0n) is 12.7. The molecule has 8 heteroatoms. The number of nitrogens with zero attached hydrogens (tertiary/aromatic N) is 4. The van der Waals surface area contributed by atoms with Crippen molar-refractivity contribution in [1.82, 2.24) is 14.5 Å². The molecule has 0 radical (unpaired) electrons. The fraction of sp³-hybridized carbons (Fsp3) is 0.125. The second kappa shape index (κ2) is 6.29. The van der Waals surface area contributed by atoms with E-state index in [4.69, 9.17) is 11.6 Å². The third-order valence-corrected chi connectivity index (χ3v) is 3.75. The number of benzene rings is 1. The van der Waals surface area contributed by atoms with Gasteiger partial charge in [-0.3, -0.25) is 14.9 Å². The van der Waals surface area contributed by atoms with Crippen molar-refractivity contribution in [1.29, 1.82) is 0 Å². The third-order valence-electron chi connectivity index (χ3n) is 3.54. The maximum Gasteiger partial charge on any atom is 0.296 e. The predicted molar refractivity (Wildman–Crippen MR) is 89.1 cm³/mol. The van der Waals surface area contributed by atoms with Crippen LogP contribution < -0.4 is 0 Å². The normalized spacial score (nSPS) is 10.8. The van der Waals surface area contributed by atoms with Gasteiger partial charge in [0, 0.05) is 31.9 Å². The summed E-state index contributed by atoms with van der Waals surface area (Å²) in [6.45, 7) is 0.413. The van der Waals surface area contributed by atoms with Gasteiger partial charge in [0.05, 0.1) is 9.95 Å². The number of aromatic nitrogens is 2. The third kappa shape index (κ3) is 3.07. The van der Waals surface area contributed by atoms with E-state index in [1.165, 1.54) is 27.7 Å². The Hall–Kier alpha value is -2.93. The molecule has 1 amide bonds. The van der Waals surface area contributed by atoms with Crippen LogP contribution in [0.5, 0.6) is 0 Å². The first-order valence-corrected chi connectivity index (χ1v) is 7.46. The van der Waals surface area contributed by atoms with Crippen molar-refractivity contribution >= 4 is 28.7 Å². The van der Waals surface area contributed by atoms with Crippen LogP contribution >= 0.6 is 11.6 Å². The molecule has 0 atom stereocenters. The summed E-state index contributed by atoms with van der Waals surface area (Å²) < 4.78 is 1.25. The highest BCUT2D eigenvalue weighted by Crippen LogP contribution is 2.25. The minimum absolute atomic E-state index is 0.124. The van der Waals surface area contributed by atoms with E-state index in [0.29, 0.717) is 6.54 Å². The van der Waals surface area contributed by atoms with Crippen LogP contribution in [0.15, 0.2) is 48.7 Å². The molecule has 0 saturated carbocycles. The van der Waals surface area contributed by atoms with Crippen molar-refractivity contribution in [3.8, 4) is 0 Å². The second-order valence-electron chi connectivity index (χ2n) is 5.31. The van der Waals surface area contributed by atoms with Crippen molar-refractivity contribution in [2.24, 2.45) is 0 Å². The Labute approximate surface area is 142 Å². The summed E-state index contributed by atoms with van der Waals surface area (Å²) in [7, 11) is 1.65. The number of hydrogen-bond donors (Lipinski definition) is 0. The maximum absolute atomic E-state index is 12.5. The van der Waals surface area contributed by atoms with Crippen LogP contribution in [-0.4, -0.2) is 32.4 Å². The minimum atomic E-state index is -0.551. The van der Waals surface area contributed by atoms with Gasteiger partial charge in [-0.2, -0.15) is 5.10 Å². The van der Waals surface area contributed by atoms with E-state index in [1.54, 1.807) is 7.05 Å². The van der Waals surface area contributed by atoms with Gasteiger partial charge in [0.2, 0.25) is 0 Å². The molecule has 0 aliphatic carbocycles. The zero-order chi connectivity index (χ0) is 17.3. The first kappa shape index (κ1) is 15.9. The fourth-order valence-electron chi connectivity index (χ4n) is 2.42. The number of amides is 1. The molecule has 24 heavy (non-hydrogen) atoms. The van der Waals surface area contributed by atoms with Gasteiger partial charge in [0.25, 0.3) is 11.6 Å². The molecule has 0 bridgehead atoms. The number of carbonyl (C=O) groups is 1. The lowest BCUT2D eigenvalue weighted by molar-refractivity contribution is -0.383. The molecule has 0 N–H and O–H groups in total. The Morgan fingerprint density at radius 2 is 2.04 bits per heavy atom. The Morgan fingerprint density at radius 3 is 2.71 bits per heavy atom. The quantitative estimate of drug-likeness (QED) is 0.537. The van der Waals surface area contributed by atoms with E-state index in [-0.39, 0.29) is 27.8 Å². The Balaban J connectivity index is 1.93. The fourth-order valence-corrected chi connectivity index (χ4v) is 2.61. The monoisotopic (exact) mass is 344 g/mol. The summed E-state index contributed by atoms with van der Waals surface area (Å²) >= 11 is 5.87. The smallest absolute Gasteiger partial charge is 0.296 e. The van der Waals surface area contributed by atoms with E-state index in [0.717, 1.165) is 5.56 Å². The molecule has 0 unspecified atom stereocenters. The van der Waals surface area contributed by atoms with Gasteiger partial charge in [0.15, 0.2) is 5.69 Å². The Bertz CT molecular complexity index is 924. The van der Waals surface area contributed by atoms with E-state index < -0.39 is 4.92 Å². The maximum atomic E-state index is 12.5. The van der Waals surface area contributed by atoms with Crippen molar-refractivity contribution in [3.05, 3.63) is 75.1 Å². The van der Waals surface area contributed by atoms with Crippen molar-refractivity contribution in [2.45, 2.75) is 6.54 Å². The minimum Gasteiger partial charge on any atom is -0.336 e. The molecule has 2 heterocycles. The summed E-state index contributed by atoms with van der Waals surface area (Å²) in [4.78, 5) is 24.6. The lowest BCUT2D eigenvalue weighted by atomic mass is 10.2. The number of fused-ring (bicyclic) bond motifs is 1. The van der Waals surface area contributed by atoms with Gasteiger partial charge >= 0.3 is 0 Å². The molecule has 0 spiro atoms. The molecule has 0 fully saturated rings. The van der Waals surface area contributed by atoms with Crippen molar-refractivity contribution < 1.29 is 9.72 Å². The van der Waals surface area contributed by atoms with Gasteiger partial charge in [-0.1, -0.05) is 41.9 Å². The first-order chi connectivity index (χ1) is 11.5. The van der Waals surface area contributed by atoms with Crippen LogP contribution in [0.2, 0.25) is 5.02 Å². The molecule has 3 aromatic rings. The van der Waals surface area contributed by atoms with Crippen LogP contribution in [-0.2, 0) is 6.54 Å². The van der Waals surface area contributed by atoms with Gasteiger partial charge in [-0.15, -0.1) is 0 Å². The van der Waals surface area contributed by atoms with Crippen molar-refractivity contribution in [2.75, 3.05) is 7.05 Å². The molecule has 2 aromatic heterocycles. The van der Waals surface area contributed by atoms with Crippen LogP contribution in [0.4, 0.5) is 5.69 Å². The topological polar surface area (TPSA) is 80.8 Å². The molecule has 0 saturated heterocycles. The number of carbonyl (C=O) groups excluding carboxylic acids is 1. The molecule has 3 rings (SSSR count). The van der Waals surface area contributed by atoms with Gasteiger partial charge < -0.3 is 4.90 Å². The number of rotatable bonds is 4. The Morgan fingerprint density at radius 1 is 1.33 bits per heavy atom. The highest BCUT2D eigenvalue weighted by Gasteiger charge is 2.21. The molecular weight excluding hydrogens is 332 g/mol. The largest absolute Gasteiger partial charge is 0.336 e. The lowest BCUT2D eigenvalue weighted by Gasteiger charge is -2.15. The average molecular weight is 345 g/mol. The lowest BCUT2D eigenvalue weighted by Crippen LogP contribution is -2.26.